The van der Waals surface area contributed by atoms with Gasteiger partial charge in [-0.1, -0.05) is 30.3 Å². The van der Waals surface area contributed by atoms with Crippen LogP contribution < -0.4 is 5.32 Å². The van der Waals surface area contributed by atoms with Crippen LogP contribution >= 0.6 is 0 Å². The number of carbonyl (C=O) groups is 3. The number of nitrogens with one attached hydrogen (secondary N) is 1. The molecule has 0 aromatic heterocycles. The van der Waals surface area contributed by atoms with Gasteiger partial charge in [0, 0.05) is 12.8 Å². The van der Waals surface area contributed by atoms with Crippen LogP contribution in [0.1, 0.15) is 37.3 Å². The van der Waals surface area contributed by atoms with Gasteiger partial charge in [0.25, 0.3) is 5.91 Å². The molecule has 9 nitrogen and oxygen atoms in total. The third-order valence-electron chi connectivity index (χ3n) is 4.98. The first kappa shape index (κ1) is 21.0. The summed E-state index contributed by atoms with van der Waals surface area (Å²) in [6, 6.07) is 7.83. The Balaban J connectivity index is 1.77. The Bertz CT molecular complexity index is 929. The van der Waals surface area contributed by atoms with Crippen molar-refractivity contribution in [3.63, 3.8) is 0 Å². The van der Waals surface area contributed by atoms with Crippen LogP contribution in [-0.2, 0) is 29.0 Å². The summed E-state index contributed by atoms with van der Waals surface area (Å²) in [7, 11) is -1.92. The topological polar surface area (TPSA) is 122 Å². The zero-order chi connectivity index (χ0) is 21.0. The minimum Gasteiger partial charge on any atom is -0.469 e. The summed E-state index contributed by atoms with van der Waals surface area (Å²) in [6.45, 7) is 0. The maximum absolute atomic E-state index is 12.8. The van der Waals surface area contributed by atoms with E-state index in [0.717, 1.165) is 10.6 Å². The summed E-state index contributed by atoms with van der Waals surface area (Å²) in [5.41, 5.74) is 0.872. The van der Waals surface area contributed by atoms with E-state index in [1.54, 1.807) is 24.3 Å². The molecule has 0 bridgehead atoms. The lowest BCUT2D eigenvalue weighted by atomic mass is 10.0. The van der Waals surface area contributed by atoms with Gasteiger partial charge in [-0.15, -0.1) is 0 Å². The second kappa shape index (κ2) is 8.73. The molecule has 1 fully saturated rings. The average Bonchev–Trinajstić information content (AvgIpc) is 3.07. The number of amides is 2. The number of rotatable bonds is 6. The van der Waals surface area contributed by atoms with Gasteiger partial charge in [0.05, 0.1) is 37.1 Å². The molecule has 0 spiro atoms. The first-order valence-electron chi connectivity index (χ1n) is 9.31. The van der Waals surface area contributed by atoms with Gasteiger partial charge in [0.2, 0.25) is 5.91 Å². The van der Waals surface area contributed by atoms with Gasteiger partial charge >= 0.3 is 5.97 Å². The number of esters is 1. The molecule has 0 saturated carbocycles. The Morgan fingerprint density at radius 1 is 1.28 bits per heavy atom. The highest BCUT2D eigenvalue weighted by molar-refractivity contribution is 7.91. The van der Waals surface area contributed by atoms with Crippen molar-refractivity contribution in [3.05, 3.63) is 35.9 Å². The standard InChI is InChI=1S/C19H23N3O6S/c1-28-18(24)11-16(13-5-3-2-4-6-13)20-19(25)15-7-8-17(23)22(21-15)14-9-10-29(26,27)12-14/h2-6,14,16H,7-12H2,1H3,(H,20,25). The van der Waals surface area contributed by atoms with Gasteiger partial charge in [0.1, 0.15) is 5.71 Å². The first-order valence-corrected chi connectivity index (χ1v) is 11.1. The van der Waals surface area contributed by atoms with Gasteiger partial charge in [-0.3, -0.25) is 14.4 Å². The predicted molar refractivity (Wildman–Crippen MR) is 105 cm³/mol. The van der Waals surface area contributed by atoms with Crippen LogP contribution in [0, 0.1) is 0 Å². The van der Waals surface area contributed by atoms with Crippen molar-refractivity contribution in [1.82, 2.24) is 10.3 Å². The number of hydrogen-bond acceptors (Lipinski definition) is 7. The lowest BCUT2D eigenvalue weighted by Gasteiger charge is -2.28. The highest BCUT2D eigenvalue weighted by atomic mass is 32.2. The maximum atomic E-state index is 12.8. The van der Waals surface area contributed by atoms with Crippen molar-refractivity contribution >= 4 is 33.3 Å². The number of benzene rings is 1. The van der Waals surface area contributed by atoms with Crippen LogP contribution in [0.15, 0.2) is 35.4 Å². The van der Waals surface area contributed by atoms with E-state index in [0.29, 0.717) is 6.42 Å². The summed E-state index contributed by atoms with van der Waals surface area (Å²) in [6.07, 6.45) is 0.487. The predicted octanol–water partition coefficient (Wildman–Crippen LogP) is 0.573. The maximum Gasteiger partial charge on any atom is 0.307 e. The number of hydrogen-bond donors (Lipinski definition) is 1. The van der Waals surface area contributed by atoms with Gasteiger partial charge < -0.3 is 10.1 Å². The van der Waals surface area contributed by atoms with Gasteiger partial charge in [0.15, 0.2) is 9.84 Å². The molecule has 1 aromatic rings. The summed E-state index contributed by atoms with van der Waals surface area (Å²) in [5.74, 6) is -1.41. The van der Waals surface area contributed by atoms with Crippen molar-refractivity contribution in [2.45, 2.75) is 37.8 Å². The highest BCUT2D eigenvalue weighted by Crippen LogP contribution is 2.23. The molecule has 0 radical (unpaired) electrons. The second-order valence-corrected chi connectivity index (χ2v) is 9.29. The molecule has 2 aliphatic rings. The lowest BCUT2D eigenvalue weighted by molar-refractivity contribution is -0.141. The fourth-order valence-corrected chi connectivity index (χ4v) is 5.11. The molecule has 1 saturated heterocycles. The van der Waals surface area contributed by atoms with Crippen LogP contribution in [0.5, 0.6) is 0 Å². The SMILES string of the molecule is COC(=O)CC(NC(=O)C1=NN(C2CCS(=O)(=O)C2)C(=O)CC1)c1ccccc1. The molecule has 3 rings (SSSR count). The van der Waals surface area contributed by atoms with Crippen molar-refractivity contribution in [3.8, 4) is 0 Å². The molecule has 1 aromatic carbocycles. The number of carbonyl (C=O) groups excluding carboxylic acids is 3. The summed E-state index contributed by atoms with van der Waals surface area (Å²) in [4.78, 5) is 36.8. The Kier molecular flexibility index (Phi) is 6.31. The Hall–Kier alpha value is -2.75. The van der Waals surface area contributed by atoms with E-state index in [2.05, 4.69) is 10.4 Å². The summed E-state index contributed by atoms with van der Waals surface area (Å²) < 4.78 is 28.2. The van der Waals surface area contributed by atoms with E-state index in [9.17, 15) is 22.8 Å². The Labute approximate surface area is 169 Å². The van der Waals surface area contributed by atoms with Crippen molar-refractivity contribution in [2.24, 2.45) is 5.10 Å². The highest BCUT2D eigenvalue weighted by Gasteiger charge is 2.37. The molecule has 2 amide bonds. The zero-order valence-corrected chi connectivity index (χ0v) is 16.9. The number of methoxy groups -OCH3 is 1. The molecule has 0 aliphatic carbocycles. The van der Waals surface area contributed by atoms with Crippen molar-refractivity contribution < 1.29 is 27.5 Å². The van der Waals surface area contributed by atoms with Gasteiger partial charge in [-0.05, 0) is 12.0 Å². The first-order chi connectivity index (χ1) is 13.8. The number of sulfone groups is 1. The van der Waals surface area contributed by atoms with Crippen LogP contribution in [0.4, 0.5) is 0 Å². The zero-order valence-electron chi connectivity index (χ0n) is 16.0. The van der Waals surface area contributed by atoms with Crippen LogP contribution in [-0.4, -0.2) is 61.6 Å². The lowest BCUT2D eigenvalue weighted by Crippen LogP contribution is -2.44. The van der Waals surface area contributed by atoms with Gasteiger partial charge in [-0.25, -0.2) is 13.4 Å². The molecule has 10 heteroatoms. The quantitative estimate of drug-likeness (QED) is 0.670. The largest absolute Gasteiger partial charge is 0.469 e. The molecule has 2 heterocycles. The monoisotopic (exact) mass is 421 g/mol. The van der Waals surface area contributed by atoms with Crippen molar-refractivity contribution in [1.29, 1.82) is 0 Å². The molecule has 1 N–H and O–H groups in total. The van der Waals surface area contributed by atoms with E-state index >= 15 is 0 Å². The van der Waals surface area contributed by atoms with E-state index in [-0.39, 0.29) is 42.4 Å². The van der Waals surface area contributed by atoms with E-state index < -0.39 is 33.8 Å². The minimum absolute atomic E-state index is 0.00765. The fourth-order valence-electron chi connectivity index (χ4n) is 3.42. The Morgan fingerprint density at radius 2 is 2.00 bits per heavy atom. The van der Waals surface area contributed by atoms with Crippen LogP contribution in [0.25, 0.3) is 0 Å². The Morgan fingerprint density at radius 3 is 2.62 bits per heavy atom. The fraction of sp³-hybridized carbons (Fsp3) is 0.474. The molecular formula is C19H23N3O6S. The molecular weight excluding hydrogens is 398 g/mol. The molecule has 156 valence electrons. The van der Waals surface area contributed by atoms with E-state index in [1.165, 1.54) is 7.11 Å². The van der Waals surface area contributed by atoms with Crippen molar-refractivity contribution in [2.75, 3.05) is 18.6 Å². The second-order valence-electron chi connectivity index (χ2n) is 7.06. The molecule has 2 atom stereocenters. The summed E-state index contributed by atoms with van der Waals surface area (Å²) in [5, 5.41) is 8.09. The smallest absolute Gasteiger partial charge is 0.307 e. The van der Waals surface area contributed by atoms with E-state index in [4.69, 9.17) is 4.74 Å². The van der Waals surface area contributed by atoms with Gasteiger partial charge in [-0.2, -0.15) is 5.10 Å². The molecule has 2 aliphatic heterocycles. The number of ether oxygens (including phenoxy) is 1. The molecule has 29 heavy (non-hydrogen) atoms. The third-order valence-corrected chi connectivity index (χ3v) is 6.73. The molecule has 2 unspecified atom stereocenters. The number of nitrogens with zero attached hydrogens (tertiary/aromatic N) is 2. The number of hydrazone groups is 1. The summed E-state index contributed by atoms with van der Waals surface area (Å²) >= 11 is 0. The van der Waals surface area contributed by atoms with E-state index in [1.807, 2.05) is 6.07 Å². The van der Waals surface area contributed by atoms with Crippen LogP contribution in [0.2, 0.25) is 0 Å². The average molecular weight is 421 g/mol. The normalized spacial score (nSPS) is 22.0. The third kappa shape index (κ3) is 5.20. The minimum atomic E-state index is -3.19. The van der Waals surface area contributed by atoms with Crippen LogP contribution in [0.3, 0.4) is 0 Å².